The van der Waals surface area contributed by atoms with Gasteiger partial charge in [0, 0.05) is 21.1 Å². The Balaban J connectivity index is 1.63. The molecule has 0 radical (unpaired) electrons. The quantitative estimate of drug-likeness (QED) is 0.552. The van der Waals surface area contributed by atoms with Gasteiger partial charge >= 0.3 is 0 Å². The van der Waals surface area contributed by atoms with Crippen molar-refractivity contribution in [3.63, 3.8) is 0 Å². The second-order valence-electron chi connectivity index (χ2n) is 6.17. The number of rotatable bonds is 5. The van der Waals surface area contributed by atoms with Crippen molar-refractivity contribution in [1.82, 2.24) is 4.98 Å². The zero-order valence-corrected chi connectivity index (χ0v) is 17.2. The molecule has 26 heavy (non-hydrogen) atoms. The molecule has 2 aromatic carbocycles. The highest BCUT2D eigenvalue weighted by atomic mass is 79.9. The van der Waals surface area contributed by atoms with Crippen LogP contribution >= 0.6 is 27.3 Å². The van der Waals surface area contributed by atoms with E-state index in [2.05, 4.69) is 31.5 Å². The largest absolute Gasteiger partial charge is 0.374 e. The van der Waals surface area contributed by atoms with Crippen molar-refractivity contribution in [3.05, 3.63) is 62.9 Å². The lowest BCUT2D eigenvalue weighted by atomic mass is 10.1. The predicted molar refractivity (Wildman–Crippen MR) is 113 cm³/mol. The minimum Gasteiger partial charge on any atom is -0.374 e. The zero-order chi connectivity index (χ0) is 18.7. The molecule has 0 aliphatic rings. The van der Waals surface area contributed by atoms with Gasteiger partial charge in [-0.2, -0.15) is 0 Å². The summed E-state index contributed by atoms with van der Waals surface area (Å²) in [6.07, 6.45) is 0. The molecule has 0 bridgehead atoms. The van der Waals surface area contributed by atoms with Gasteiger partial charge in [-0.1, -0.05) is 18.2 Å². The van der Waals surface area contributed by atoms with Crippen LogP contribution in [-0.2, 0) is 4.79 Å². The Labute approximate surface area is 165 Å². The number of benzene rings is 2. The van der Waals surface area contributed by atoms with E-state index in [0.29, 0.717) is 0 Å². The minimum atomic E-state index is -0.365. The molecule has 0 spiro atoms. The van der Waals surface area contributed by atoms with Crippen molar-refractivity contribution in [2.45, 2.75) is 26.8 Å². The topological polar surface area (TPSA) is 54.0 Å². The monoisotopic (exact) mass is 429 g/mol. The Morgan fingerprint density at radius 3 is 2.50 bits per heavy atom. The molecule has 1 amide bonds. The van der Waals surface area contributed by atoms with E-state index < -0.39 is 0 Å². The summed E-state index contributed by atoms with van der Waals surface area (Å²) in [7, 11) is 0. The lowest BCUT2D eigenvalue weighted by molar-refractivity contribution is -0.116. The lowest BCUT2D eigenvalue weighted by Crippen LogP contribution is -2.31. The normalized spacial score (nSPS) is 11.8. The van der Waals surface area contributed by atoms with Crippen LogP contribution in [0.3, 0.4) is 0 Å². The number of aromatic nitrogens is 1. The van der Waals surface area contributed by atoms with Crippen LogP contribution in [0.4, 0.5) is 11.4 Å². The van der Waals surface area contributed by atoms with E-state index in [1.807, 2.05) is 68.6 Å². The Kier molecular flexibility index (Phi) is 5.74. The maximum absolute atomic E-state index is 12.4. The number of thiazole rings is 1. The molecule has 2 N–H and O–H groups in total. The van der Waals surface area contributed by atoms with E-state index >= 15 is 0 Å². The van der Waals surface area contributed by atoms with Gasteiger partial charge in [0.05, 0.1) is 16.4 Å². The molecular formula is C20H20BrN3OS. The molecule has 1 aromatic heterocycles. The molecule has 3 aromatic rings. The first-order chi connectivity index (χ1) is 12.4. The molecule has 134 valence electrons. The third kappa shape index (κ3) is 4.51. The fraction of sp³-hybridized carbons (Fsp3) is 0.200. The number of nitrogens with zero attached hydrogens (tertiary/aromatic N) is 1. The summed E-state index contributed by atoms with van der Waals surface area (Å²) in [5, 5.41) is 9.27. The van der Waals surface area contributed by atoms with E-state index in [1.54, 1.807) is 11.3 Å². The van der Waals surface area contributed by atoms with Crippen molar-refractivity contribution < 1.29 is 4.79 Å². The molecule has 6 heteroatoms. The summed E-state index contributed by atoms with van der Waals surface area (Å²) >= 11 is 5.12. The molecule has 0 saturated heterocycles. The lowest BCUT2D eigenvalue weighted by Gasteiger charge is -2.16. The fourth-order valence-corrected chi connectivity index (χ4v) is 3.73. The minimum absolute atomic E-state index is 0.0891. The SMILES string of the molecule is Cc1ccc(NC(=O)[C@H](C)Nc2ccc(-c3csc(C)n3)cc2)c(Br)c1. The van der Waals surface area contributed by atoms with E-state index in [-0.39, 0.29) is 11.9 Å². The van der Waals surface area contributed by atoms with Crippen LogP contribution in [0.5, 0.6) is 0 Å². The number of anilines is 2. The average Bonchev–Trinajstić information content (AvgIpc) is 3.04. The molecule has 0 fully saturated rings. The number of carbonyl (C=O) groups is 1. The van der Waals surface area contributed by atoms with Gasteiger partial charge in [-0.3, -0.25) is 4.79 Å². The maximum atomic E-state index is 12.4. The Morgan fingerprint density at radius 1 is 1.15 bits per heavy atom. The Bertz CT molecular complexity index is 921. The van der Waals surface area contributed by atoms with E-state index in [0.717, 1.165) is 37.7 Å². The van der Waals surface area contributed by atoms with Gasteiger partial charge in [-0.25, -0.2) is 4.98 Å². The molecule has 0 aliphatic heterocycles. The van der Waals surface area contributed by atoms with Gasteiger partial charge in [0.2, 0.25) is 5.91 Å². The highest BCUT2D eigenvalue weighted by Gasteiger charge is 2.14. The molecule has 0 unspecified atom stereocenters. The predicted octanol–water partition coefficient (Wildman–Crippen LogP) is 5.63. The van der Waals surface area contributed by atoms with E-state index in [9.17, 15) is 4.79 Å². The first-order valence-electron chi connectivity index (χ1n) is 8.28. The highest BCUT2D eigenvalue weighted by Crippen LogP contribution is 2.25. The standard InChI is InChI=1S/C20H20BrN3OS/c1-12-4-9-18(17(21)10-12)24-20(25)13(2)22-16-7-5-15(6-8-16)19-11-26-14(3)23-19/h4-11,13,22H,1-3H3,(H,24,25)/t13-/m0/s1. The van der Waals surface area contributed by atoms with Crippen molar-refractivity contribution >= 4 is 44.5 Å². The number of amides is 1. The average molecular weight is 430 g/mol. The number of nitrogens with one attached hydrogen (secondary N) is 2. The van der Waals surface area contributed by atoms with Gasteiger partial charge in [-0.15, -0.1) is 11.3 Å². The van der Waals surface area contributed by atoms with Crippen molar-refractivity contribution in [1.29, 1.82) is 0 Å². The van der Waals surface area contributed by atoms with Gasteiger partial charge in [0.25, 0.3) is 0 Å². The van der Waals surface area contributed by atoms with Crippen LogP contribution in [-0.4, -0.2) is 16.9 Å². The van der Waals surface area contributed by atoms with Crippen molar-refractivity contribution in [3.8, 4) is 11.3 Å². The molecular weight excluding hydrogens is 410 g/mol. The van der Waals surface area contributed by atoms with E-state index in [1.165, 1.54) is 0 Å². The van der Waals surface area contributed by atoms with Crippen molar-refractivity contribution in [2.75, 3.05) is 10.6 Å². The number of carbonyl (C=O) groups excluding carboxylic acids is 1. The number of hydrogen-bond acceptors (Lipinski definition) is 4. The highest BCUT2D eigenvalue weighted by molar-refractivity contribution is 9.10. The second kappa shape index (κ2) is 8.01. The smallest absolute Gasteiger partial charge is 0.246 e. The molecule has 1 heterocycles. The molecule has 3 rings (SSSR count). The Hall–Kier alpha value is -2.18. The Morgan fingerprint density at radius 2 is 1.88 bits per heavy atom. The fourth-order valence-electron chi connectivity index (χ4n) is 2.51. The van der Waals surface area contributed by atoms with Crippen LogP contribution in [0.25, 0.3) is 11.3 Å². The van der Waals surface area contributed by atoms with Gasteiger partial charge < -0.3 is 10.6 Å². The summed E-state index contributed by atoms with van der Waals surface area (Å²) in [4.78, 5) is 16.9. The third-order valence-electron chi connectivity index (χ3n) is 3.96. The van der Waals surface area contributed by atoms with Crippen LogP contribution in [0.2, 0.25) is 0 Å². The number of hydrogen-bond donors (Lipinski definition) is 2. The molecule has 1 atom stereocenters. The first kappa shape index (κ1) is 18.6. The van der Waals surface area contributed by atoms with Crippen LogP contribution < -0.4 is 10.6 Å². The van der Waals surface area contributed by atoms with Gasteiger partial charge in [-0.05, 0) is 66.5 Å². The van der Waals surface area contributed by atoms with Crippen LogP contribution in [0.1, 0.15) is 17.5 Å². The summed E-state index contributed by atoms with van der Waals surface area (Å²) < 4.78 is 0.876. The van der Waals surface area contributed by atoms with Crippen LogP contribution in [0, 0.1) is 13.8 Å². The second-order valence-corrected chi connectivity index (χ2v) is 8.08. The summed E-state index contributed by atoms with van der Waals surface area (Å²) in [5.41, 5.74) is 4.85. The number of aryl methyl sites for hydroxylation is 2. The first-order valence-corrected chi connectivity index (χ1v) is 9.96. The van der Waals surface area contributed by atoms with Gasteiger partial charge in [0.15, 0.2) is 0 Å². The summed E-state index contributed by atoms with van der Waals surface area (Å²) in [5.74, 6) is -0.0891. The molecule has 0 aliphatic carbocycles. The van der Waals surface area contributed by atoms with E-state index in [4.69, 9.17) is 0 Å². The molecule has 0 saturated carbocycles. The summed E-state index contributed by atoms with van der Waals surface area (Å²) in [6, 6.07) is 13.4. The van der Waals surface area contributed by atoms with Crippen LogP contribution in [0.15, 0.2) is 52.3 Å². The number of halogens is 1. The maximum Gasteiger partial charge on any atom is 0.246 e. The third-order valence-corrected chi connectivity index (χ3v) is 5.39. The van der Waals surface area contributed by atoms with Gasteiger partial charge in [0.1, 0.15) is 6.04 Å². The zero-order valence-electron chi connectivity index (χ0n) is 14.8. The molecule has 4 nitrogen and oxygen atoms in total. The van der Waals surface area contributed by atoms with Crippen molar-refractivity contribution in [2.24, 2.45) is 0 Å². The summed E-state index contributed by atoms with van der Waals surface area (Å²) in [6.45, 7) is 5.85.